The predicted molar refractivity (Wildman–Crippen MR) is 69.7 cm³/mol. The van der Waals surface area contributed by atoms with Crippen molar-refractivity contribution in [1.29, 1.82) is 0 Å². The molecule has 0 unspecified atom stereocenters. The first-order valence-electron chi connectivity index (χ1n) is 5.79. The van der Waals surface area contributed by atoms with Crippen LogP contribution in [0.15, 0.2) is 24.3 Å². The Hall–Kier alpha value is -2.17. The zero-order valence-corrected chi connectivity index (χ0v) is 10.9. The molecule has 1 aromatic heterocycles. The van der Waals surface area contributed by atoms with E-state index in [0.29, 0.717) is 5.75 Å². The van der Waals surface area contributed by atoms with Gasteiger partial charge in [-0.3, -0.25) is 0 Å². The number of benzene rings is 1. The molecule has 0 aliphatic rings. The SMILES string of the molecule is CNc1nc(Oc2cc(C)cc(C)c2)c(F)cc1F. The lowest BCUT2D eigenvalue weighted by atomic mass is 10.1. The molecular formula is C14H14F2N2O. The second-order valence-corrected chi connectivity index (χ2v) is 4.28. The van der Waals surface area contributed by atoms with E-state index in [2.05, 4.69) is 10.3 Å². The number of rotatable bonds is 3. The van der Waals surface area contributed by atoms with Crippen LogP contribution in [0.25, 0.3) is 0 Å². The van der Waals surface area contributed by atoms with Crippen LogP contribution in [0.1, 0.15) is 11.1 Å². The Bertz CT molecular complexity index is 594. The van der Waals surface area contributed by atoms with Crippen molar-refractivity contribution in [2.75, 3.05) is 12.4 Å². The van der Waals surface area contributed by atoms with Crippen molar-refractivity contribution in [2.24, 2.45) is 0 Å². The first-order chi connectivity index (χ1) is 8.99. The Labute approximate surface area is 110 Å². The predicted octanol–water partition coefficient (Wildman–Crippen LogP) is 3.81. The summed E-state index contributed by atoms with van der Waals surface area (Å²) >= 11 is 0. The summed E-state index contributed by atoms with van der Waals surface area (Å²) < 4.78 is 32.3. The van der Waals surface area contributed by atoms with Crippen molar-refractivity contribution in [3.8, 4) is 11.6 Å². The molecule has 2 aromatic rings. The minimum Gasteiger partial charge on any atom is -0.436 e. The number of aryl methyl sites for hydroxylation is 2. The lowest BCUT2D eigenvalue weighted by Gasteiger charge is -2.09. The summed E-state index contributed by atoms with van der Waals surface area (Å²) in [5.74, 6) is -1.43. The monoisotopic (exact) mass is 264 g/mol. The maximum absolute atomic E-state index is 13.6. The summed E-state index contributed by atoms with van der Waals surface area (Å²) in [6.45, 7) is 3.82. The Morgan fingerprint density at radius 2 is 1.63 bits per heavy atom. The zero-order valence-electron chi connectivity index (χ0n) is 10.9. The molecule has 5 heteroatoms. The Morgan fingerprint density at radius 3 is 2.21 bits per heavy atom. The normalized spacial score (nSPS) is 10.4. The Kier molecular flexibility index (Phi) is 3.64. The highest BCUT2D eigenvalue weighted by Gasteiger charge is 2.13. The van der Waals surface area contributed by atoms with Crippen LogP contribution in [-0.4, -0.2) is 12.0 Å². The molecule has 0 amide bonds. The van der Waals surface area contributed by atoms with Crippen LogP contribution in [0.3, 0.4) is 0 Å². The zero-order chi connectivity index (χ0) is 14.0. The van der Waals surface area contributed by atoms with E-state index < -0.39 is 11.6 Å². The van der Waals surface area contributed by atoms with Crippen molar-refractivity contribution >= 4 is 5.82 Å². The highest BCUT2D eigenvalue weighted by Crippen LogP contribution is 2.27. The van der Waals surface area contributed by atoms with E-state index >= 15 is 0 Å². The van der Waals surface area contributed by atoms with Gasteiger partial charge in [0.25, 0.3) is 5.88 Å². The van der Waals surface area contributed by atoms with E-state index in [0.717, 1.165) is 17.2 Å². The van der Waals surface area contributed by atoms with Crippen LogP contribution >= 0.6 is 0 Å². The molecule has 1 aromatic carbocycles. The number of pyridine rings is 1. The van der Waals surface area contributed by atoms with Crippen LogP contribution in [0.2, 0.25) is 0 Å². The van der Waals surface area contributed by atoms with Gasteiger partial charge < -0.3 is 10.1 Å². The third-order valence-corrected chi connectivity index (χ3v) is 2.54. The molecule has 19 heavy (non-hydrogen) atoms. The lowest BCUT2D eigenvalue weighted by molar-refractivity contribution is 0.417. The second kappa shape index (κ2) is 5.22. The first-order valence-corrected chi connectivity index (χ1v) is 5.79. The van der Waals surface area contributed by atoms with Crippen molar-refractivity contribution in [1.82, 2.24) is 4.98 Å². The summed E-state index contributed by atoms with van der Waals surface area (Å²) in [4.78, 5) is 3.76. The molecule has 1 N–H and O–H groups in total. The number of nitrogens with zero attached hydrogens (tertiary/aromatic N) is 1. The van der Waals surface area contributed by atoms with Gasteiger partial charge in [-0.1, -0.05) is 6.07 Å². The minimum absolute atomic E-state index is 0.0548. The van der Waals surface area contributed by atoms with Crippen molar-refractivity contribution in [2.45, 2.75) is 13.8 Å². The van der Waals surface area contributed by atoms with E-state index in [1.165, 1.54) is 7.05 Å². The summed E-state index contributed by atoms with van der Waals surface area (Å²) in [6, 6.07) is 6.24. The smallest absolute Gasteiger partial charge is 0.258 e. The molecule has 2 rings (SSSR count). The fraction of sp³-hybridized carbons (Fsp3) is 0.214. The van der Waals surface area contributed by atoms with Gasteiger partial charge >= 0.3 is 0 Å². The highest BCUT2D eigenvalue weighted by molar-refractivity contribution is 5.41. The van der Waals surface area contributed by atoms with Gasteiger partial charge in [-0.15, -0.1) is 0 Å². The molecule has 1 heterocycles. The fourth-order valence-corrected chi connectivity index (χ4v) is 1.80. The minimum atomic E-state index is -0.837. The molecule has 3 nitrogen and oxygen atoms in total. The maximum atomic E-state index is 13.6. The van der Waals surface area contributed by atoms with Gasteiger partial charge in [0.2, 0.25) is 0 Å². The van der Waals surface area contributed by atoms with Crippen LogP contribution in [0, 0.1) is 25.5 Å². The summed E-state index contributed by atoms with van der Waals surface area (Å²) in [6.07, 6.45) is 0. The van der Waals surface area contributed by atoms with E-state index in [4.69, 9.17) is 4.74 Å². The molecule has 0 radical (unpaired) electrons. The number of anilines is 1. The Morgan fingerprint density at radius 1 is 1.00 bits per heavy atom. The van der Waals surface area contributed by atoms with Crippen molar-refractivity contribution in [3.63, 3.8) is 0 Å². The molecule has 0 saturated carbocycles. The molecule has 0 aliphatic heterocycles. The summed E-state index contributed by atoms with van der Waals surface area (Å²) in [5.41, 5.74) is 1.98. The second-order valence-electron chi connectivity index (χ2n) is 4.28. The third-order valence-electron chi connectivity index (χ3n) is 2.54. The standard InChI is InChI=1S/C14H14F2N2O/c1-8-4-9(2)6-10(5-8)19-14-12(16)7-11(15)13(17-3)18-14/h4-7H,1-3H3,(H,17,18). The van der Waals surface area contributed by atoms with Gasteiger partial charge in [0, 0.05) is 13.1 Å². The van der Waals surface area contributed by atoms with Crippen LogP contribution in [-0.2, 0) is 0 Å². The number of ether oxygens (including phenoxy) is 1. The summed E-state index contributed by atoms with van der Waals surface area (Å²) in [7, 11) is 1.50. The number of hydrogen-bond acceptors (Lipinski definition) is 3. The summed E-state index contributed by atoms with van der Waals surface area (Å²) in [5, 5.41) is 2.54. The molecule has 0 bridgehead atoms. The van der Waals surface area contributed by atoms with Gasteiger partial charge in [-0.25, -0.2) is 8.78 Å². The largest absolute Gasteiger partial charge is 0.436 e. The molecule has 0 fully saturated rings. The van der Waals surface area contributed by atoms with Crippen molar-refractivity contribution in [3.05, 3.63) is 47.0 Å². The van der Waals surface area contributed by atoms with Crippen LogP contribution in [0.5, 0.6) is 11.6 Å². The van der Waals surface area contributed by atoms with E-state index in [1.807, 2.05) is 19.9 Å². The van der Waals surface area contributed by atoms with Gasteiger partial charge in [0.15, 0.2) is 17.5 Å². The van der Waals surface area contributed by atoms with E-state index in [-0.39, 0.29) is 11.7 Å². The molecule has 0 spiro atoms. The number of nitrogens with one attached hydrogen (secondary N) is 1. The first kappa shape index (κ1) is 13.3. The third kappa shape index (κ3) is 2.99. The van der Waals surface area contributed by atoms with E-state index in [1.54, 1.807) is 12.1 Å². The fourth-order valence-electron chi connectivity index (χ4n) is 1.80. The topological polar surface area (TPSA) is 34.2 Å². The van der Waals surface area contributed by atoms with Crippen LogP contribution < -0.4 is 10.1 Å². The Balaban J connectivity index is 2.37. The van der Waals surface area contributed by atoms with Gasteiger partial charge in [-0.05, 0) is 37.1 Å². The quantitative estimate of drug-likeness (QED) is 0.915. The average Bonchev–Trinajstić information content (AvgIpc) is 2.31. The highest BCUT2D eigenvalue weighted by atomic mass is 19.1. The van der Waals surface area contributed by atoms with E-state index in [9.17, 15) is 8.78 Å². The van der Waals surface area contributed by atoms with Gasteiger partial charge in [0.05, 0.1) is 0 Å². The van der Waals surface area contributed by atoms with Gasteiger partial charge in [0.1, 0.15) is 5.75 Å². The lowest BCUT2D eigenvalue weighted by Crippen LogP contribution is -2.01. The number of halogens is 2. The van der Waals surface area contributed by atoms with Gasteiger partial charge in [-0.2, -0.15) is 4.98 Å². The average molecular weight is 264 g/mol. The number of aromatic nitrogens is 1. The molecular weight excluding hydrogens is 250 g/mol. The molecule has 0 atom stereocenters. The molecule has 100 valence electrons. The van der Waals surface area contributed by atoms with Crippen LogP contribution in [0.4, 0.5) is 14.6 Å². The van der Waals surface area contributed by atoms with Crippen molar-refractivity contribution < 1.29 is 13.5 Å². The number of hydrogen-bond donors (Lipinski definition) is 1. The molecule has 0 aliphatic carbocycles. The maximum Gasteiger partial charge on any atom is 0.258 e. The molecule has 0 saturated heterocycles.